The van der Waals surface area contributed by atoms with E-state index in [1.54, 1.807) is 7.05 Å². The summed E-state index contributed by atoms with van der Waals surface area (Å²) in [4.78, 5) is 17.9. The van der Waals surface area contributed by atoms with Crippen LogP contribution in [0.4, 0.5) is 0 Å². The van der Waals surface area contributed by atoms with E-state index >= 15 is 0 Å². The van der Waals surface area contributed by atoms with Crippen LogP contribution in [0.2, 0.25) is 0 Å². The Kier molecular flexibility index (Phi) is 8.41. The Hall–Kier alpha value is -2.08. The van der Waals surface area contributed by atoms with Gasteiger partial charge >= 0.3 is 0 Å². The lowest BCUT2D eigenvalue weighted by atomic mass is 9.96. The summed E-state index contributed by atoms with van der Waals surface area (Å²) >= 11 is 0. The number of nitrogens with zero attached hydrogens (tertiary/aromatic N) is 2. The van der Waals surface area contributed by atoms with Gasteiger partial charge in [-0.1, -0.05) is 30.3 Å². The number of likely N-dealkylation sites (tertiary alicyclic amines) is 1. The molecule has 6 heteroatoms. The molecule has 2 rings (SSSR count). The highest BCUT2D eigenvalue weighted by Gasteiger charge is 2.22. The Bertz CT molecular complexity index is 567. The number of aliphatic imine (C=N–C) groups is 1. The maximum Gasteiger partial charge on any atom is 0.220 e. The number of nitrogens with two attached hydrogens (primary N) is 1. The lowest BCUT2D eigenvalue weighted by Gasteiger charge is -2.30. The molecule has 1 aliphatic rings. The minimum atomic E-state index is -0.141. The molecule has 1 heterocycles. The van der Waals surface area contributed by atoms with Crippen molar-refractivity contribution in [3.63, 3.8) is 0 Å². The van der Waals surface area contributed by atoms with Gasteiger partial charge in [-0.3, -0.25) is 9.79 Å². The average Bonchev–Trinajstić information content (AvgIpc) is 2.67. The Labute approximate surface area is 157 Å². The van der Waals surface area contributed by atoms with E-state index < -0.39 is 0 Å². The van der Waals surface area contributed by atoms with Gasteiger partial charge < -0.3 is 21.3 Å². The molecule has 1 fully saturated rings. The van der Waals surface area contributed by atoms with Gasteiger partial charge in [-0.15, -0.1) is 0 Å². The van der Waals surface area contributed by atoms with Crippen LogP contribution >= 0.6 is 0 Å². The molecular formula is C20H33N5O. The van der Waals surface area contributed by atoms with Crippen LogP contribution in [-0.2, 0) is 4.79 Å². The third-order valence-corrected chi connectivity index (χ3v) is 5.06. The van der Waals surface area contributed by atoms with Gasteiger partial charge in [0.2, 0.25) is 5.91 Å². The van der Waals surface area contributed by atoms with Gasteiger partial charge in [0.05, 0.1) is 6.04 Å². The number of piperidine rings is 1. The highest BCUT2D eigenvalue weighted by molar-refractivity contribution is 5.80. The summed E-state index contributed by atoms with van der Waals surface area (Å²) in [5.74, 6) is 0.773. The third-order valence-electron chi connectivity index (χ3n) is 5.06. The molecule has 4 N–H and O–H groups in total. The molecule has 1 aromatic rings. The number of benzene rings is 1. The molecule has 144 valence electrons. The van der Waals surface area contributed by atoms with Gasteiger partial charge in [0, 0.05) is 19.5 Å². The fraction of sp³-hybridized carbons (Fsp3) is 0.600. The molecule has 1 atom stereocenters. The van der Waals surface area contributed by atoms with E-state index in [4.69, 9.17) is 5.73 Å². The van der Waals surface area contributed by atoms with E-state index in [0.717, 1.165) is 57.8 Å². The van der Waals surface area contributed by atoms with Crippen molar-refractivity contribution in [3.8, 4) is 0 Å². The molecule has 0 aliphatic carbocycles. The van der Waals surface area contributed by atoms with Gasteiger partial charge in [0.15, 0.2) is 5.96 Å². The fourth-order valence-corrected chi connectivity index (χ4v) is 3.33. The fourth-order valence-electron chi connectivity index (χ4n) is 3.33. The summed E-state index contributed by atoms with van der Waals surface area (Å²) in [5.41, 5.74) is 6.63. The zero-order chi connectivity index (χ0) is 18.8. The Morgan fingerprint density at radius 3 is 2.58 bits per heavy atom. The minimum absolute atomic E-state index is 0.0777. The number of guanidine groups is 1. The molecule has 1 saturated heterocycles. The summed E-state index contributed by atoms with van der Waals surface area (Å²) in [6, 6.07) is 10.6. The first-order valence-corrected chi connectivity index (χ1v) is 9.64. The van der Waals surface area contributed by atoms with E-state index in [9.17, 15) is 4.79 Å². The quantitative estimate of drug-likeness (QED) is 0.376. The van der Waals surface area contributed by atoms with Crippen LogP contribution in [0, 0.1) is 5.92 Å². The lowest BCUT2D eigenvalue weighted by Crippen LogP contribution is -2.40. The van der Waals surface area contributed by atoms with Gasteiger partial charge in [-0.2, -0.15) is 0 Å². The zero-order valence-corrected chi connectivity index (χ0v) is 16.1. The molecule has 26 heavy (non-hydrogen) atoms. The van der Waals surface area contributed by atoms with Gasteiger partial charge in [0.1, 0.15) is 0 Å². The second-order valence-electron chi connectivity index (χ2n) is 7.00. The van der Waals surface area contributed by atoms with Crippen molar-refractivity contribution in [2.75, 3.05) is 33.2 Å². The van der Waals surface area contributed by atoms with E-state index in [1.807, 2.05) is 6.07 Å². The van der Waals surface area contributed by atoms with Gasteiger partial charge in [-0.25, -0.2) is 0 Å². The van der Waals surface area contributed by atoms with Crippen molar-refractivity contribution in [2.24, 2.45) is 16.6 Å². The van der Waals surface area contributed by atoms with Crippen LogP contribution in [0.1, 0.15) is 44.2 Å². The summed E-state index contributed by atoms with van der Waals surface area (Å²) in [5, 5.41) is 6.81. The highest BCUT2D eigenvalue weighted by atomic mass is 16.1. The second-order valence-corrected chi connectivity index (χ2v) is 7.00. The number of nitrogens with one attached hydrogen (secondary N) is 2. The van der Waals surface area contributed by atoms with E-state index in [2.05, 4.69) is 51.7 Å². The van der Waals surface area contributed by atoms with Crippen LogP contribution in [0.3, 0.4) is 0 Å². The predicted molar refractivity (Wildman–Crippen MR) is 107 cm³/mol. The number of hydrogen-bond acceptors (Lipinski definition) is 3. The first kappa shape index (κ1) is 20.2. The van der Waals surface area contributed by atoms with E-state index in [1.165, 1.54) is 5.56 Å². The van der Waals surface area contributed by atoms with E-state index in [-0.39, 0.29) is 17.9 Å². The van der Waals surface area contributed by atoms with Crippen LogP contribution in [0.15, 0.2) is 35.3 Å². The smallest absolute Gasteiger partial charge is 0.220 e. The van der Waals surface area contributed by atoms with Crippen molar-refractivity contribution in [2.45, 2.75) is 38.6 Å². The van der Waals surface area contributed by atoms with Crippen molar-refractivity contribution >= 4 is 11.9 Å². The first-order chi connectivity index (χ1) is 12.6. The number of carbonyl (C=O) groups is 1. The van der Waals surface area contributed by atoms with Crippen LogP contribution in [0.25, 0.3) is 0 Å². The molecule has 0 aromatic heterocycles. The van der Waals surface area contributed by atoms with E-state index in [0.29, 0.717) is 0 Å². The van der Waals surface area contributed by atoms with Gasteiger partial charge in [-0.05, 0) is 57.8 Å². The summed E-state index contributed by atoms with van der Waals surface area (Å²) in [7, 11) is 1.80. The Morgan fingerprint density at radius 2 is 1.96 bits per heavy atom. The van der Waals surface area contributed by atoms with Crippen LogP contribution < -0.4 is 16.4 Å². The molecule has 1 aromatic carbocycles. The van der Waals surface area contributed by atoms with Crippen LogP contribution in [0.5, 0.6) is 0 Å². The topological polar surface area (TPSA) is 82.8 Å². The molecule has 0 radical (unpaired) electrons. The number of hydrogen-bond donors (Lipinski definition) is 3. The standard InChI is InChI=1S/C20H33N5O/c1-16(17-8-4-3-5-9-17)24-20(22-2)23-12-6-7-13-25-14-10-18(11-15-25)19(21)26/h3-5,8-9,16,18H,6-7,10-15H2,1-2H3,(H2,21,26)(H2,22,23,24). The average molecular weight is 360 g/mol. The van der Waals surface area contributed by atoms with Crippen LogP contribution in [-0.4, -0.2) is 50.0 Å². The summed E-state index contributed by atoms with van der Waals surface area (Å²) in [6.45, 7) is 6.09. The third kappa shape index (κ3) is 6.67. The molecule has 1 amide bonds. The van der Waals surface area contributed by atoms with Crippen molar-refractivity contribution in [1.82, 2.24) is 15.5 Å². The Balaban J connectivity index is 1.59. The molecule has 0 spiro atoms. The molecule has 6 nitrogen and oxygen atoms in total. The monoisotopic (exact) mass is 359 g/mol. The maximum absolute atomic E-state index is 11.2. The molecule has 1 aliphatic heterocycles. The van der Waals surface area contributed by atoms with Gasteiger partial charge in [0.25, 0.3) is 0 Å². The lowest BCUT2D eigenvalue weighted by molar-refractivity contribution is -0.123. The largest absolute Gasteiger partial charge is 0.369 e. The molecular weight excluding hydrogens is 326 g/mol. The normalized spacial score (nSPS) is 17.7. The predicted octanol–water partition coefficient (Wildman–Crippen LogP) is 1.89. The number of amides is 1. The SMILES string of the molecule is CN=C(NCCCCN1CCC(C(N)=O)CC1)NC(C)c1ccccc1. The number of rotatable bonds is 8. The van der Waals surface area contributed by atoms with Crippen molar-refractivity contribution < 1.29 is 4.79 Å². The van der Waals surface area contributed by atoms with Crippen molar-refractivity contribution in [1.29, 1.82) is 0 Å². The molecule has 1 unspecified atom stereocenters. The summed E-state index contributed by atoms with van der Waals surface area (Å²) in [6.07, 6.45) is 4.04. The molecule has 0 bridgehead atoms. The van der Waals surface area contributed by atoms with Crippen molar-refractivity contribution in [3.05, 3.63) is 35.9 Å². The minimum Gasteiger partial charge on any atom is -0.369 e. The number of carbonyl (C=O) groups excluding carboxylic acids is 1. The zero-order valence-electron chi connectivity index (χ0n) is 16.1. The second kappa shape index (κ2) is 10.8. The summed E-state index contributed by atoms with van der Waals surface area (Å²) < 4.78 is 0. The number of primary amides is 1. The first-order valence-electron chi connectivity index (χ1n) is 9.64. The Morgan fingerprint density at radius 1 is 1.27 bits per heavy atom. The number of unbranched alkanes of at least 4 members (excludes halogenated alkanes) is 1. The maximum atomic E-state index is 11.2. The highest BCUT2D eigenvalue weighted by Crippen LogP contribution is 2.16. The molecule has 0 saturated carbocycles.